The van der Waals surface area contributed by atoms with Gasteiger partial charge in [-0.2, -0.15) is 0 Å². The van der Waals surface area contributed by atoms with Gasteiger partial charge in [-0.1, -0.05) is 0 Å². The van der Waals surface area contributed by atoms with Crippen LogP contribution in [0.15, 0.2) is 18.2 Å². The second-order valence-corrected chi connectivity index (χ2v) is 5.34. The number of carbonyl (C=O) groups excluding carboxylic acids is 2. The highest BCUT2D eigenvalue weighted by Crippen LogP contribution is 2.27. The molecule has 2 amide bonds. The van der Waals surface area contributed by atoms with E-state index < -0.39 is 23.8 Å². The normalized spacial score (nSPS) is 16.6. The molecule has 0 radical (unpaired) electrons. The van der Waals surface area contributed by atoms with Gasteiger partial charge in [0.15, 0.2) is 11.5 Å². The molecule has 0 saturated carbocycles. The predicted molar refractivity (Wildman–Crippen MR) is 84.3 cm³/mol. The molecule has 0 unspecified atom stereocenters. The average Bonchev–Trinajstić information content (AvgIpc) is 3.08. The summed E-state index contributed by atoms with van der Waals surface area (Å²) in [6.45, 7) is 0.138. The molecule has 1 aliphatic rings. The van der Waals surface area contributed by atoms with Crippen molar-refractivity contribution < 1.29 is 29.0 Å². The molecule has 1 aromatic rings. The number of likely N-dealkylation sites (tertiary alicyclic amines) is 1. The number of ether oxygens (including phenoxy) is 2. The van der Waals surface area contributed by atoms with Gasteiger partial charge in [0.25, 0.3) is 5.91 Å². The van der Waals surface area contributed by atoms with Crippen LogP contribution >= 0.6 is 0 Å². The topological polar surface area (TPSA) is 105 Å². The number of amides is 2. The molecular formula is C16H20N2O6. The Hall–Kier alpha value is -2.77. The van der Waals surface area contributed by atoms with Crippen molar-refractivity contribution in [1.82, 2.24) is 10.2 Å². The quantitative estimate of drug-likeness (QED) is 0.784. The molecular weight excluding hydrogens is 316 g/mol. The largest absolute Gasteiger partial charge is 0.493 e. The Kier molecular flexibility index (Phi) is 5.62. The van der Waals surface area contributed by atoms with Crippen LogP contribution in [0.4, 0.5) is 0 Å². The highest BCUT2D eigenvalue weighted by atomic mass is 16.5. The molecule has 0 spiro atoms. The summed E-state index contributed by atoms with van der Waals surface area (Å²) in [5.41, 5.74) is 0.316. The number of aliphatic carboxylic acids is 1. The molecule has 1 aliphatic heterocycles. The smallest absolute Gasteiger partial charge is 0.326 e. The van der Waals surface area contributed by atoms with Crippen molar-refractivity contribution in [2.24, 2.45) is 0 Å². The standard InChI is InChI=1S/C16H20N2O6/c1-23-12-6-5-10(8-13(12)24-2)15(20)17-9-14(19)18-7-3-4-11(18)16(21)22/h5-6,8,11H,3-4,7,9H2,1-2H3,(H,17,20)(H,21,22)/t11-/m0/s1. The molecule has 2 rings (SSSR count). The monoisotopic (exact) mass is 336 g/mol. The summed E-state index contributed by atoms with van der Waals surface area (Å²) in [5, 5.41) is 11.6. The lowest BCUT2D eigenvalue weighted by molar-refractivity contribution is -0.147. The van der Waals surface area contributed by atoms with Gasteiger partial charge in [-0.25, -0.2) is 4.79 Å². The maximum atomic E-state index is 12.2. The fourth-order valence-electron chi connectivity index (χ4n) is 2.66. The molecule has 1 aromatic carbocycles. The van der Waals surface area contributed by atoms with Gasteiger partial charge in [0.2, 0.25) is 5.91 Å². The zero-order valence-electron chi connectivity index (χ0n) is 13.6. The predicted octanol–water partition coefficient (Wildman–Crippen LogP) is 0.509. The second kappa shape index (κ2) is 7.67. The van der Waals surface area contributed by atoms with Gasteiger partial charge in [0, 0.05) is 12.1 Å². The SMILES string of the molecule is COc1ccc(C(=O)NCC(=O)N2CCC[C@H]2C(=O)O)cc1OC. The maximum absolute atomic E-state index is 12.2. The number of nitrogens with zero attached hydrogens (tertiary/aromatic N) is 1. The van der Waals surface area contributed by atoms with Crippen LogP contribution in [0.5, 0.6) is 11.5 Å². The number of hydrogen-bond acceptors (Lipinski definition) is 5. The molecule has 8 heteroatoms. The molecule has 1 atom stereocenters. The second-order valence-electron chi connectivity index (χ2n) is 5.34. The number of carboxylic acid groups (broad SMARTS) is 1. The summed E-state index contributed by atoms with van der Waals surface area (Å²) in [4.78, 5) is 36.7. The van der Waals surface area contributed by atoms with E-state index in [-0.39, 0.29) is 6.54 Å². The number of hydrogen-bond donors (Lipinski definition) is 2. The van der Waals surface area contributed by atoms with Crippen LogP contribution in [-0.4, -0.2) is 61.1 Å². The van der Waals surface area contributed by atoms with Crippen LogP contribution < -0.4 is 14.8 Å². The van der Waals surface area contributed by atoms with Gasteiger partial charge in [0.05, 0.1) is 20.8 Å². The Morgan fingerprint density at radius 2 is 1.96 bits per heavy atom. The van der Waals surface area contributed by atoms with Crippen molar-refractivity contribution in [2.45, 2.75) is 18.9 Å². The van der Waals surface area contributed by atoms with Crippen molar-refractivity contribution in [2.75, 3.05) is 27.3 Å². The number of benzene rings is 1. The van der Waals surface area contributed by atoms with Crippen molar-refractivity contribution >= 4 is 17.8 Å². The number of nitrogens with one attached hydrogen (secondary N) is 1. The van der Waals surface area contributed by atoms with Crippen molar-refractivity contribution in [1.29, 1.82) is 0 Å². The number of methoxy groups -OCH3 is 2. The van der Waals surface area contributed by atoms with E-state index in [2.05, 4.69) is 5.32 Å². The van der Waals surface area contributed by atoms with Gasteiger partial charge in [-0.3, -0.25) is 9.59 Å². The molecule has 8 nitrogen and oxygen atoms in total. The molecule has 130 valence electrons. The highest BCUT2D eigenvalue weighted by Gasteiger charge is 2.33. The molecule has 0 aliphatic carbocycles. The molecule has 1 saturated heterocycles. The van der Waals surface area contributed by atoms with E-state index in [0.29, 0.717) is 36.4 Å². The summed E-state index contributed by atoms with van der Waals surface area (Å²) in [6, 6.07) is 3.85. The van der Waals surface area contributed by atoms with Crippen LogP contribution in [0.2, 0.25) is 0 Å². The van der Waals surface area contributed by atoms with E-state index in [1.807, 2.05) is 0 Å². The van der Waals surface area contributed by atoms with E-state index in [4.69, 9.17) is 14.6 Å². The number of rotatable bonds is 6. The molecule has 1 heterocycles. The molecule has 24 heavy (non-hydrogen) atoms. The first-order chi connectivity index (χ1) is 11.5. The van der Waals surface area contributed by atoms with Crippen LogP contribution in [0, 0.1) is 0 Å². The first-order valence-electron chi connectivity index (χ1n) is 7.50. The summed E-state index contributed by atoms with van der Waals surface area (Å²) in [5.74, 6) is -0.982. The van der Waals surface area contributed by atoms with Crippen LogP contribution in [0.25, 0.3) is 0 Å². The number of carbonyl (C=O) groups is 3. The summed E-state index contributed by atoms with van der Waals surface area (Å²) in [6.07, 6.45) is 1.08. The Labute approximate surface area is 139 Å². The minimum atomic E-state index is -1.02. The molecule has 2 N–H and O–H groups in total. The zero-order valence-corrected chi connectivity index (χ0v) is 13.6. The number of carboxylic acids is 1. The van der Waals surface area contributed by atoms with E-state index in [0.717, 1.165) is 0 Å². The van der Waals surface area contributed by atoms with E-state index in [1.165, 1.54) is 25.2 Å². The first kappa shape index (κ1) is 17.6. The minimum absolute atomic E-state index is 0.253. The fourth-order valence-corrected chi connectivity index (χ4v) is 2.66. The van der Waals surface area contributed by atoms with Gasteiger partial charge in [-0.15, -0.1) is 0 Å². The van der Waals surface area contributed by atoms with Crippen molar-refractivity contribution in [3.05, 3.63) is 23.8 Å². The van der Waals surface area contributed by atoms with Crippen molar-refractivity contribution in [3.63, 3.8) is 0 Å². The third-order valence-electron chi connectivity index (χ3n) is 3.90. The molecule has 0 aromatic heterocycles. The Balaban J connectivity index is 1.98. The van der Waals surface area contributed by atoms with Gasteiger partial charge in [-0.05, 0) is 31.0 Å². The average molecular weight is 336 g/mol. The first-order valence-corrected chi connectivity index (χ1v) is 7.50. The summed E-state index contributed by atoms with van der Waals surface area (Å²) in [7, 11) is 2.95. The van der Waals surface area contributed by atoms with E-state index >= 15 is 0 Å². The lowest BCUT2D eigenvalue weighted by Gasteiger charge is -2.21. The molecule has 1 fully saturated rings. The lowest BCUT2D eigenvalue weighted by atomic mass is 10.2. The zero-order chi connectivity index (χ0) is 17.7. The lowest BCUT2D eigenvalue weighted by Crippen LogP contribution is -2.45. The van der Waals surface area contributed by atoms with E-state index in [9.17, 15) is 14.4 Å². The Morgan fingerprint density at radius 3 is 2.58 bits per heavy atom. The third kappa shape index (κ3) is 3.76. The molecule has 0 bridgehead atoms. The minimum Gasteiger partial charge on any atom is -0.493 e. The van der Waals surface area contributed by atoms with Gasteiger partial charge in [0.1, 0.15) is 6.04 Å². The van der Waals surface area contributed by atoms with Crippen LogP contribution in [0.3, 0.4) is 0 Å². The highest BCUT2D eigenvalue weighted by molar-refractivity contribution is 5.97. The van der Waals surface area contributed by atoms with Gasteiger partial charge < -0.3 is 24.8 Å². The van der Waals surface area contributed by atoms with Crippen LogP contribution in [-0.2, 0) is 9.59 Å². The maximum Gasteiger partial charge on any atom is 0.326 e. The van der Waals surface area contributed by atoms with Gasteiger partial charge >= 0.3 is 5.97 Å². The Bertz CT molecular complexity index is 645. The van der Waals surface area contributed by atoms with Crippen molar-refractivity contribution in [3.8, 4) is 11.5 Å². The van der Waals surface area contributed by atoms with E-state index in [1.54, 1.807) is 12.1 Å². The Morgan fingerprint density at radius 1 is 1.25 bits per heavy atom. The fraction of sp³-hybridized carbons (Fsp3) is 0.438. The summed E-state index contributed by atoms with van der Waals surface area (Å²) < 4.78 is 10.2. The summed E-state index contributed by atoms with van der Waals surface area (Å²) >= 11 is 0. The van der Waals surface area contributed by atoms with Crippen LogP contribution in [0.1, 0.15) is 23.2 Å². The third-order valence-corrected chi connectivity index (χ3v) is 3.90.